The van der Waals surface area contributed by atoms with Gasteiger partial charge in [-0.3, -0.25) is 0 Å². The molecule has 0 radical (unpaired) electrons. The van der Waals surface area contributed by atoms with Gasteiger partial charge in [0.05, 0.1) is 11.0 Å². The standard InChI is InChI=1S/C28H25N/c1-28(2,3)21-18-16-20(17-19-21)23-13-9-15-26-27(23)24-12-7-8-14-25(24)29(26)22-10-5-4-6-11-22/h4-19H,1-3H3. The van der Waals surface area contributed by atoms with Gasteiger partial charge < -0.3 is 4.57 Å². The highest BCUT2D eigenvalue weighted by atomic mass is 15.0. The SMILES string of the molecule is CC(C)(C)c1ccc(-c2cccc3c2c2ccccc2n3-c2ccccc2)cc1. The molecule has 0 bridgehead atoms. The summed E-state index contributed by atoms with van der Waals surface area (Å²) in [6.45, 7) is 6.78. The van der Waals surface area contributed by atoms with Gasteiger partial charge in [0.2, 0.25) is 0 Å². The molecule has 0 unspecified atom stereocenters. The van der Waals surface area contributed by atoms with Crippen molar-refractivity contribution in [2.24, 2.45) is 0 Å². The molecule has 1 heterocycles. The van der Waals surface area contributed by atoms with E-state index in [0.29, 0.717) is 0 Å². The lowest BCUT2D eigenvalue weighted by Crippen LogP contribution is -2.10. The minimum atomic E-state index is 0.161. The highest BCUT2D eigenvalue weighted by molar-refractivity contribution is 6.15. The highest BCUT2D eigenvalue weighted by Gasteiger charge is 2.17. The van der Waals surface area contributed by atoms with Crippen LogP contribution in [-0.2, 0) is 5.41 Å². The lowest BCUT2D eigenvalue weighted by molar-refractivity contribution is 0.590. The third-order valence-corrected chi connectivity index (χ3v) is 5.77. The predicted octanol–water partition coefficient (Wildman–Crippen LogP) is 7.75. The Morgan fingerprint density at radius 2 is 1.24 bits per heavy atom. The molecule has 0 aliphatic heterocycles. The van der Waals surface area contributed by atoms with Gasteiger partial charge in [0.1, 0.15) is 0 Å². The third kappa shape index (κ3) is 2.94. The molecule has 0 saturated carbocycles. The summed E-state index contributed by atoms with van der Waals surface area (Å²) in [5.41, 5.74) is 7.75. The largest absolute Gasteiger partial charge is 0.309 e. The summed E-state index contributed by atoms with van der Waals surface area (Å²) < 4.78 is 2.37. The van der Waals surface area contributed by atoms with Gasteiger partial charge in [0, 0.05) is 16.5 Å². The van der Waals surface area contributed by atoms with E-state index in [1.807, 2.05) is 0 Å². The Morgan fingerprint density at radius 3 is 1.97 bits per heavy atom. The predicted molar refractivity (Wildman–Crippen MR) is 125 cm³/mol. The number of hydrogen-bond donors (Lipinski definition) is 0. The van der Waals surface area contributed by atoms with E-state index in [1.165, 1.54) is 44.2 Å². The van der Waals surface area contributed by atoms with Crippen LogP contribution in [-0.4, -0.2) is 4.57 Å². The molecule has 0 fully saturated rings. The first-order chi connectivity index (χ1) is 14.0. The summed E-state index contributed by atoms with van der Waals surface area (Å²) >= 11 is 0. The van der Waals surface area contributed by atoms with Crippen molar-refractivity contribution in [1.82, 2.24) is 4.57 Å². The van der Waals surface area contributed by atoms with Crippen LogP contribution in [0.1, 0.15) is 26.3 Å². The molecular weight excluding hydrogens is 350 g/mol. The van der Waals surface area contributed by atoms with Gasteiger partial charge >= 0.3 is 0 Å². The fourth-order valence-electron chi connectivity index (χ4n) is 4.26. The zero-order chi connectivity index (χ0) is 20.0. The third-order valence-electron chi connectivity index (χ3n) is 5.77. The molecule has 1 heteroatoms. The average Bonchev–Trinajstić information content (AvgIpc) is 3.08. The van der Waals surface area contributed by atoms with Gasteiger partial charge in [0.15, 0.2) is 0 Å². The molecule has 0 atom stereocenters. The minimum Gasteiger partial charge on any atom is -0.309 e. The molecule has 0 amide bonds. The Hall–Kier alpha value is -3.32. The molecule has 0 aliphatic carbocycles. The number of benzene rings is 4. The number of para-hydroxylation sites is 2. The van der Waals surface area contributed by atoms with Crippen molar-refractivity contribution in [3.63, 3.8) is 0 Å². The highest BCUT2D eigenvalue weighted by Crippen LogP contribution is 2.38. The molecular formula is C28H25N. The van der Waals surface area contributed by atoms with E-state index in [-0.39, 0.29) is 5.41 Å². The van der Waals surface area contributed by atoms with Crippen molar-refractivity contribution in [1.29, 1.82) is 0 Å². The van der Waals surface area contributed by atoms with Crippen LogP contribution in [0.25, 0.3) is 38.6 Å². The van der Waals surface area contributed by atoms with E-state index in [0.717, 1.165) is 0 Å². The second kappa shape index (κ2) is 6.63. The molecule has 5 aromatic rings. The van der Waals surface area contributed by atoms with Crippen LogP contribution in [0.3, 0.4) is 0 Å². The summed E-state index contributed by atoms with van der Waals surface area (Å²) in [6.07, 6.45) is 0. The van der Waals surface area contributed by atoms with Gasteiger partial charge in [-0.15, -0.1) is 0 Å². The summed E-state index contributed by atoms with van der Waals surface area (Å²) in [5.74, 6) is 0. The molecule has 0 spiro atoms. The van der Waals surface area contributed by atoms with Crippen molar-refractivity contribution in [3.05, 3.63) is 103 Å². The summed E-state index contributed by atoms with van der Waals surface area (Å²) in [4.78, 5) is 0. The van der Waals surface area contributed by atoms with Crippen LogP contribution in [0.2, 0.25) is 0 Å². The van der Waals surface area contributed by atoms with Crippen LogP contribution >= 0.6 is 0 Å². The van der Waals surface area contributed by atoms with Crippen molar-refractivity contribution in [3.8, 4) is 16.8 Å². The fraction of sp³-hybridized carbons (Fsp3) is 0.143. The average molecular weight is 376 g/mol. The topological polar surface area (TPSA) is 4.93 Å². The zero-order valence-electron chi connectivity index (χ0n) is 17.2. The molecule has 142 valence electrons. The number of hydrogen-bond acceptors (Lipinski definition) is 0. The fourth-order valence-corrected chi connectivity index (χ4v) is 4.26. The quantitative estimate of drug-likeness (QED) is 0.297. The lowest BCUT2D eigenvalue weighted by atomic mass is 9.86. The summed E-state index contributed by atoms with van der Waals surface area (Å²) in [7, 11) is 0. The maximum atomic E-state index is 2.37. The first kappa shape index (κ1) is 17.8. The molecule has 29 heavy (non-hydrogen) atoms. The summed E-state index contributed by atoms with van der Waals surface area (Å²) in [5, 5.41) is 2.61. The van der Waals surface area contributed by atoms with Crippen LogP contribution in [0.5, 0.6) is 0 Å². The number of fused-ring (bicyclic) bond motifs is 3. The molecule has 0 aliphatic rings. The van der Waals surface area contributed by atoms with Crippen molar-refractivity contribution in [2.75, 3.05) is 0 Å². The minimum absolute atomic E-state index is 0.161. The second-order valence-electron chi connectivity index (χ2n) is 8.72. The van der Waals surface area contributed by atoms with Gasteiger partial charge in [-0.05, 0) is 46.4 Å². The first-order valence-electron chi connectivity index (χ1n) is 10.2. The number of nitrogens with zero attached hydrogens (tertiary/aromatic N) is 1. The van der Waals surface area contributed by atoms with E-state index >= 15 is 0 Å². The maximum Gasteiger partial charge on any atom is 0.0547 e. The second-order valence-corrected chi connectivity index (χ2v) is 8.72. The summed E-state index contributed by atoms with van der Waals surface area (Å²) in [6, 6.07) is 35.1. The van der Waals surface area contributed by atoms with E-state index in [1.54, 1.807) is 0 Å². The lowest BCUT2D eigenvalue weighted by Gasteiger charge is -2.19. The molecule has 1 nitrogen and oxygen atoms in total. The Balaban J connectivity index is 1.81. The van der Waals surface area contributed by atoms with Gasteiger partial charge in [-0.25, -0.2) is 0 Å². The van der Waals surface area contributed by atoms with Gasteiger partial charge in [-0.1, -0.05) is 93.6 Å². The maximum absolute atomic E-state index is 2.37. The monoisotopic (exact) mass is 375 g/mol. The molecule has 0 N–H and O–H groups in total. The molecule has 0 saturated heterocycles. The Bertz CT molecular complexity index is 1300. The Morgan fingerprint density at radius 1 is 0.586 bits per heavy atom. The normalized spacial score (nSPS) is 12.0. The van der Waals surface area contributed by atoms with Gasteiger partial charge in [-0.2, -0.15) is 0 Å². The molecule has 5 rings (SSSR count). The van der Waals surface area contributed by atoms with Crippen LogP contribution in [0.15, 0.2) is 97.1 Å². The van der Waals surface area contributed by atoms with E-state index in [4.69, 9.17) is 0 Å². The van der Waals surface area contributed by atoms with Crippen molar-refractivity contribution < 1.29 is 0 Å². The Kier molecular flexibility index (Phi) is 4.06. The van der Waals surface area contributed by atoms with Crippen LogP contribution in [0.4, 0.5) is 0 Å². The van der Waals surface area contributed by atoms with E-state index in [9.17, 15) is 0 Å². The number of aromatic nitrogens is 1. The van der Waals surface area contributed by atoms with Crippen molar-refractivity contribution >= 4 is 21.8 Å². The van der Waals surface area contributed by atoms with E-state index < -0.39 is 0 Å². The van der Waals surface area contributed by atoms with Gasteiger partial charge in [0.25, 0.3) is 0 Å². The zero-order valence-corrected chi connectivity index (χ0v) is 17.2. The van der Waals surface area contributed by atoms with Crippen LogP contribution < -0.4 is 0 Å². The van der Waals surface area contributed by atoms with E-state index in [2.05, 4.69) is 122 Å². The van der Waals surface area contributed by atoms with Crippen LogP contribution in [0, 0.1) is 0 Å². The van der Waals surface area contributed by atoms with Crippen molar-refractivity contribution in [2.45, 2.75) is 26.2 Å². The smallest absolute Gasteiger partial charge is 0.0547 e. The molecule has 4 aromatic carbocycles. The Labute approximate surface area is 172 Å². The first-order valence-corrected chi connectivity index (χ1v) is 10.2. The molecule has 1 aromatic heterocycles. The number of rotatable bonds is 2.